The number of benzene rings is 3. The number of H-pyrrole nitrogens is 1. The molecule has 0 spiro atoms. The standard InChI is InChI=1S/C34H41N5O3S/c1-23(28-21-35-29-13-9-8-12-27(28)29)32(33(40)36-30-20-24(22-38(2)3)14-15-31(30)43(4)42)37-34(41)39-18-16-26(17-19-39)25-10-6-5-7-11-25/h5-15,20-21,23,26,32,35H,16-19,22H2,1-4H3,(H,36,40)(H,37,41)/t23-,32+,43?/m0/s1. The number of amides is 3. The molecule has 8 nitrogen and oxygen atoms in total. The predicted octanol–water partition coefficient (Wildman–Crippen LogP) is 5.67. The van der Waals surface area contributed by atoms with Crippen molar-refractivity contribution in [2.24, 2.45) is 0 Å². The van der Waals surface area contributed by atoms with Gasteiger partial charge in [-0.3, -0.25) is 9.00 Å². The molecule has 1 aromatic heterocycles. The molecule has 9 heteroatoms. The molecule has 2 heterocycles. The van der Waals surface area contributed by atoms with E-state index < -0.39 is 16.8 Å². The summed E-state index contributed by atoms with van der Waals surface area (Å²) in [7, 11) is 2.63. The third-order valence-corrected chi connectivity index (χ3v) is 9.31. The van der Waals surface area contributed by atoms with Gasteiger partial charge in [-0.15, -0.1) is 0 Å². The molecule has 0 aliphatic carbocycles. The van der Waals surface area contributed by atoms with Crippen LogP contribution in [0.4, 0.5) is 10.5 Å². The first-order valence-electron chi connectivity index (χ1n) is 14.8. The number of carbonyl (C=O) groups excluding carboxylic acids is 2. The monoisotopic (exact) mass is 599 g/mol. The molecule has 1 unspecified atom stereocenters. The summed E-state index contributed by atoms with van der Waals surface area (Å²) in [6.45, 7) is 3.87. The molecule has 1 aliphatic heterocycles. The lowest BCUT2D eigenvalue weighted by atomic mass is 9.89. The molecule has 3 atom stereocenters. The lowest BCUT2D eigenvalue weighted by Crippen LogP contribution is -2.53. The minimum atomic E-state index is -1.31. The Morgan fingerprint density at radius 3 is 2.42 bits per heavy atom. The van der Waals surface area contributed by atoms with Crippen LogP contribution >= 0.6 is 0 Å². The minimum Gasteiger partial charge on any atom is -0.361 e. The third kappa shape index (κ3) is 7.17. The molecule has 0 saturated carbocycles. The van der Waals surface area contributed by atoms with Crippen molar-refractivity contribution in [1.82, 2.24) is 20.1 Å². The second-order valence-corrected chi connectivity index (χ2v) is 13.0. The number of hydrogen-bond donors (Lipinski definition) is 3. The summed E-state index contributed by atoms with van der Waals surface area (Å²) in [5.41, 5.74) is 4.70. The van der Waals surface area contributed by atoms with Crippen LogP contribution in [0.1, 0.15) is 48.3 Å². The summed E-state index contributed by atoms with van der Waals surface area (Å²) in [6, 6.07) is 22.9. The van der Waals surface area contributed by atoms with Crippen LogP contribution in [0.2, 0.25) is 0 Å². The van der Waals surface area contributed by atoms with Gasteiger partial charge in [0.15, 0.2) is 0 Å². The van der Waals surface area contributed by atoms with Crippen molar-refractivity contribution in [2.45, 2.75) is 49.1 Å². The molecule has 3 aromatic carbocycles. The average molecular weight is 600 g/mol. The Kier molecular flexibility index (Phi) is 9.62. The Bertz CT molecular complexity index is 1590. The van der Waals surface area contributed by atoms with Crippen LogP contribution in [0.25, 0.3) is 10.9 Å². The Morgan fingerprint density at radius 1 is 1.02 bits per heavy atom. The molecule has 1 aliphatic rings. The van der Waals surface area contributed by atoms with Crippen LogP contribution in [-0.4, -0.2) is 70.4 Å². The fraction of sp³-hybridized carbons (Fsp3) is 0.353. The number of nitrogens with one attached hydrogen (secondary N) is 3. The van der Waals surface area contributed by atoms with Crippen LogP contribution in [0.15, 0.2) is 83.9 Å². The SMILES string of the molecule is C[C@@H](c1c[nH]c2ccccc12)[C@@H](NC(=O)N1CCC(c2ccccc2)CC1)C(=O)Nc1cc(CN(C)C)ccc1S(C)=O. The van der Waals surface area contributed by atoms with E-state index in [2.05, 4.69) is 39.9 Å². The van der Waals surface area contributed by atoms with Crippen LogP contribution < -0.4 is 10.6 Å². The summed E-state index contributed by atoms with van der Waals surface area (Å²) < 4.78 is 12.6. The largest absolute Gasteiger partial charge is 0.361 e. The zero-order valence-corrected chi connectivity index (χ0v) is 26.1. The molecule has 0 bridgehead atoms. The number of carbonyl (C=O) groups is 2. The highest BCUT2D eigenvalue weighted by Gasteiger charge is 2.33. The van der Waals surface area contributed by atoms with Gasteiger partial charge < -0.3 is 25.4 Å². The second-order valence-electron chi connectivity index (χ2n) is 11.7. The Labute approximate surface area is 256 Å². The van der Waals surface area contributed by atoms with E-state index in [1.165, 1.54) is 5.56 Å². The van der Waals surface area contributed by atoms with Crippen molar-refractivity contribution >= 4 is 39.3 Å². The highest BCUT2D eigenvalue weighted by Crippen LogP contribution is 2.31. The fourth-order valence-electron chi connectivity index (χ4n) is 6.03. The van der Waals surface area contributed by atoms with E-state index in [-0.39, 0.29) is 17.9 Å². The van der Waals surface area contributed by atoms with E-state index in [4.69, 9.17) is 0 Å². The van der Waals surface area contributed by atoms with Gasteiger partial charge in [0, 0.05) is 48.9 Å². The van der Waals surface area contributed by atoms with Gasteiger partial charge in [0.25, 0.3) is 0 Å². The highest BCUT2D eigenvalue weighted by molar-refractivity contribution is 7.84. The summed E-state index contributed by atoms with van der Waals surface area (Å²) in [6.07, 6.45) is 5.26. The number of likely N-dealkylation sites (tertiary alicyclic amines) is 1. The molecule has 5 rings (SSSR count). The van der Waals surface area contributed by atoms with Crippen molar-refractivity contribution in [3.8, 4) is 0 Å². The lowest BCUT2D eigenvalue weighted by molar-refractivity contribution is -0.118. The molecule has 0 radical (unpaired) electrons. The quantitative estimate of drug-likeness (QED) is 0.231. The van der Waals surface area contributed by atoms with Gasteiger partial charge in [-0.25, -0.2) is 4.79 Å². The van der Waals surface area contributed by atoms with Crippen molar-refractivity contribution in [3.63, 3.8) is 0 Å². The summed E-state index contributed by atoms with van der Waals surface area (Å²) >= 11 is 0. The molecule has 1 fully saturated rings. The van der Waals surface area contributed by atoms with Crippen LogP contribution in [-0.2, 0) is 22.1 Å². The second kappa shape index (κ2) is 13.6. The molecule has 3 amide bonds. The maximum atomic E-state index is 14.1. The third-order valence-electron chi connectivity index (χ3n) is 8.34. The normalized spacial score (nSPS) is 16.2. The number of fused-ring (bicyclic) bond motifs is 1. The number of para-hydroxylation sites is 1. The maximum Gasteiger partial charge on any atom is 0.318 e. The number of hydrogen-bond acceptors (Lipinski definition) is 4. The average Bonchev–Trinajstić information content (AvgIpc) is 3.44. The van der Waals surface area contributed by atoms with Gasteiger partial charge in [-0.1, -0.05) is 61.5 Å². The lowest BCUT2D eigenvalue weighted by Gasteiger charge is -2.34. The van der Waals surface area contributed by atoms with E-state index in [9.17, 15) is 13.8 Å². The van der Waals surface area contributed by atoms with Gasteiger partial charge in [-0.05, 0) is 67.7 Å². The molecular weight excluding hydrogens is 558 g/mol. The molecule has 1 saturated heterocycles. The van der Waals surface area contributed by atoms with Crippen LogP contribution in [0.5, 0.6) is 0 Å². The maximum absolute atomic E-state index is 14.1. The van der Waals surface area contributed by atoms with Gasteiger partial charge in [-0.2, -0.15) is 0 Å². The van der Waals surface area contributed by atoms with Crippen molar-refractivity contribution < 1.29 is 13.8 Å². The predicted molar refractivity (Wildman–Crippen MR) is 174 cm³/mol. The molecule has 43 heavy (non-hydrogen) atoms. The van der Waals surface area contributed by atoms with Crippen LogP contribution in [0, 0.1) is 0 Å². The first-order chi connectivity index (χ1) is 20.7. The zero-order chi connectivity index (χ0) is 30.5. The minimum absolute atomic E-state index is 0.251. The number of aromatic nitrogens is 1. The first-order valence-corrected chi connectivity index (χ1v) is 16.4. The number of anilines is 1. The molecule has 4 aromatic rings. The Morgan fingerprint density at radius 2 is 1.72 bits per heavy atom. The van der Waals surface area contributed by atoms with Crippen molar-refractivity contribution in [3.05, 3.63) is 95.7 Å². The zero-order valence-electron chi connectivity index (χ0n) is 25.3. The summed E-state index contributed by atoms with van der Waals surface area (Å²) in [5, 5.41) is 7.13. The number of urea groups is 1. The van der Waals surface area contributed by atoms with Gasteiger partial charge in [0.05, 0.1) is 21.4 Å². The van der Waals surface area contributed by atoms with E-state index in [0.717, 1.165) is 34.9 Å². The van der Waals surface area contributed by atoms with Gasteiger partial charge in [0.2, 0.25) is 5.91 Å². The number of nitrogens with zero attached hydrogens (tertiary/aromatic N) is 2. The number of aromatic amines is 1. The number of piperidine rings is 1. The smallest absolute Gasteiger partial charge is 0.318 e. The van der Waals surface area contributed by atoms with E-state index in [1.54, 1.807) is 12.3 Å². The van der Waals surface area contributed by atoms with E-state index in [1.807, 2.05) is 79.5 Å². The van der Waals surface area contributed by atoms with Crippen LogP contribution in [0.3, 0.4) is 0 Å². The highest BCUT2D eigenvalue weighted by atomic mass is 32.2. The molecule has 226 valence electrons. The summed E-state index contributed by atoms with van der Waals surface area (Å²) in [5.74, 6) is -0.279. The topological polar surface area (TPSA) is 97.5 Å². The van der Waals surface area contributed by atoms with Crippen molar-refractivity contribution in [1.29, 1.82) is 0 Å². The number of rotatable bonds is 9. The Hall–Kier alpha value is -3.95. The fourth-order valence-corrected chi connectivity index (χ4v) is 6.71. The van der Waals surface area contributed by atoms with E-state index in [0.29, 0.717) is 36.1 Å². The molecular formula is C34H41N5O3S. The van der Waals surface area contributed by atoms with Gasteiger partial charge >= 0.3 is 6.03 Å². The van der Waals surface area contributed by atoms with Crippen molar-refractivity contribution in [2.75, 3.05) is 38.8 Å². The molecule has 3 N–H and O–H groups in total. The van der Waals surface area contributed by atoms with Gasteiger partial charge in [0.1, 0.15) is 6.04 Å². The first kappa shape index (κ1) is 30.5. The summed E-state index contributed by atoms with van der Waals surface area (Å²) in [4.78, 5) is 35.4. The van der Waals surface area contributed by atoms with E-state index >= 15 is 0 Å². The Balaban J connectivity index is 1.39.